The minimum absolute atomic E-state index is 0.178. The predicted octanol–water partition coefficient (Wildman–Crippen LogP) is 2.09. The molecule has 10 nitrogen and oxygen atoms in total. The summed E-state index contributed by atoms with van der Waals surface area (Å²) in [6.07, 6.45) is 1.78. The van der Waals surface area contributed by atoms with Crippen molar-refractivity contribution in [3.63, 3.8) is 0 Å². The topological polar surface area (TPSA) is 105 Å². The third-order valence-corrected chi connectivity index (χ3v) is 6.47. The van der Waals surface area contributed by atoms with Crippen molar-refractivity contribution in [2.24, 2.45) is 21.1 Å². The Morgan fingerprint density at radius 3 is 2.31 bits per heavy atom. The monoisotopic (exact) mass is 475 g/mol. The van der Waals surface area contributed by atoms with E-state index in [-0.39, 0.29) is 6.61 Å². The molecule has 0 radical (unpaired) electrons. The van der Waals surface area contributed by atoms with Gasteiger partial charge in [-0.05, 0) is 36.4 Å². The van der Waals surface area contributed by atoms with Crippen LogP contribution < -0.4 is 20.7 Å². The van der Waals surface area contributed by atoms with E-state index in [0.717, 1.165) is 15.8 Å². The number of aliphatic hydroxyl groups excluding tert-OH is 1. The van der Waals surface area contributed by atoms with E-state index in [1.165, 1.54) is 11.6 Å². The smallest absolute Gasteiger partial charge is 0.330 e. The summed E-state index contributed by atoms with van der Waals surface area (Å²) >= 11 is 0. The molecule has 0 aliphatic carbocycles. The molecule has 3 aromatic heterocycles. The van der Waals surface area contributed by atoms with Crippen molar-refractivity contribution in [2.45, 2.75) is 6.61 Å². The van der Waals surface area contributed by atoms with E-state index in [4.69, 9.17) is 9.47 Å². The van der Waals surface area contributed by atoms with Gasteiger partial charge in [-0.15, -0.1) is 0 Å². The van der Waals surface area contributed by atoms with E-state index in [2.05, 4.69) is 4.98 Å². The van der Waals surface area contributed by atoms with Crippen molar-refractivity contribution in [1.82, 2.24) is 23.3 Å². The van der Waals surface area contributed by atoms with E-state index in [1.54, 1.807) is 39.6 Å². The Kier molecular flexibility index (Phi) is 5.25. The lowest BCUT2D eigenvalue weighted by molar-refractivity contribution is 0.268. The Morgan fingerprint density at radius 2 is 1.63 bits per heavy atom. The molecule has 0 spiro atoms. The van der Waals surface area contributed by atoms with Gasteiger partial charge in [0.25, 0.3) is 5.56 Å². The number of hydrogen-bond donors (Lipinski definition) is 1. The molecule has 1 N–H and O–H groups in total. The molecule has 2 aromatic carbocycles. The van der Waals surface area contributed by atoms with E-state index in [9.17, 15) is 14.7 Å². The van der Waals surface area contributed by atoms with Crippen molar-refractivity contribution >= 4 is 21.9 Å². The summed E-state index contributed by atoms with van der Waals surface area (Å²) < 4.78 is 17.2. The zero-order valence-electron chi connectivity index (χ0n) is 20.1. The van der Waals surface area contributed by atoms with E-state index in [1.807, 2.05) is 40.4 Å². The van der Waals surface area contributed by atoms with Crippen molar-refractivity contribution in [3.05, 3.63) is 69.3 Å². The van der Waals surface area contributed by atoms with Gasteiger partial charge in [0.15, 0.2) is 11.5 Å². The second-order valence-corrected chi connectivity index (χ2v) is 8.30. The van der Waals surface area contributed by atoms with Crippen LogP contribution in [0.3, 0.4) is 0 Å². The van der Waals surface area contributed by atoms with Crippen molar-refractivity contribution < 1.29 is 14.6 Å². The van der Waals surface area contributed by atoms with Gasteiger partial charge in [-0.25, -0.2) is 9.78 Å². The Morgan fingerprint density at radius 1 is 0.886 bits per heavy atom. The Balaban J connectivity index is 1.89. The molecule has 0 aliphatic rings. The molecule has 35 heavy (non-hydrogen) atoms. The Bertz CT molecular complexity index is 1740. The lowest BCUT2D eigenvalue weighted by Gasteiger charge is -2.13. The first kappa shape index (κ1) is 22.5. The van der Waals surface area contributed by atoms with Crippen LogP contribution in [0.1, 0.15) is 5.82 Å². The predicted molar refractivity (Wildman–Crippen MR) is 132 cm³/mol. The summed E-state index contributed by atoms with van der Waals surface area (Å²) in [6.45, 7) is -0.178. The zero-order chi connectivity index (χ0) is 25.0. The van der Waals surface area contributed by atoms with Crippen molar-refractivity contribution in [2.75, 3.05) is 14.2 Å². The first-order valence-corrected chi connectivity index (χ1v) is 10.9. The van der Waals surface area contributed by atoms with Crippen LogP contribution in [0.5, 0.6) is 11.5 Å². The molecule has 5 rings (SSSR count). The summed E-state index contributed by atoms with van der Waals surface area (Å²) in [7, 11) is 8.07. The van der Waals surface area contributed by atoms with Crippen LogP contribution in [0.15, 0.2) is 52.2 Å². The third-order valence-electron chi connectivity index (χ3n) is 6.47. The first-order valence-electron chi connectivity index (χ1n) is 10.9. The Labute approximate surface area is 199 Å². The van der Waals surface area contributed by atoms with Crippen molar-refractivity contribution in [1.29, 1.82) is 0 Å². The lowest BCUT2D eigenvalue weighted by Crippen LogP contribution is -2.36. The summed E-state index contributed by atoms with van der Waals surface area (Å²) in [5.74, 6) is 1.62. The number of ether oxygens (including phenoxy) is 2. The molecule has 0 aliphatic heterocycles. The standard InChI is InChI=1S/C25H25N5O5/c1-27-17-8-7-15(11-16(17)26-21(27)13-31)30-12-18-22(24(32)29(3)25(33)28(18)2)23(30)14-6-9-19(34-4)20(10-14)35-5/h6-12,31H,13H2,1-5H3. The molecule has 5 aromatic rings. The third kappa shape index (κ3) is 3.25. The number of imidazole rings is 1. The maximum Gasteiger partial charge on any atom is 0.330 e. The highest BCUT2D eigenvalue weighted by Crippen LogP contribution is 2.37. The number of rotatable bonds is 5. The Hall–Kier alpha value is -4.31. The minimum Gasteiger partial charge on any atom is -0.493 e. The summed E-state index contributed by atoms with van der Waals surface area (Å²) in [6, 6.07) is 11.1. The molecule has 180 valence electrons. The van der Waals surface area contributed by atoms with Gasteiger partial charge in [0.2, 0.25) is 0 Å². The van der Waals surface area contributed by atoms with Gasteiger partial charge in [0.05, 0.1) is 41.8 Å². The van der Waals surface area contributed by atoms with Crippen molar-refractivity contribution in [3.8, 4) is 28.4 Å². The average molecular weight is 476 g/mol. The number of methoxy groups -OCH3 is 2. The van der Waals surface area contributed by atoms with Gasteiger partial charge in [-0.3, -0.25) is 13.9 Å². The van der Waals surface area contributed by atoms with Gasteiger partial charge < -0.3 is 23.7 Å². The second-order valence-electron chi connectivity index (χ2n) is 8.30. The highest BCUT2D eigenvalue weighted by Gasteiger charge is 2.22. The number of aromatic nitrogens is 5. The number of aryl methyl sites for hydroxylation is 2. The van der Waals surface area contributed by atoms with Gasteiger partial charge in [-0.2, -0.15) is 0 Å². The fraction of sp³-hybridized carbons (Fsp3) is 0.240. The van der Waals surface area contributed by atoms with Crippen LogP contribution in [0, 0.1) is 0 Å². The first-order chi connectivity index (χ1) is 16.8. The summed E-state index contributed by atoms with van der Waals surface area (Å²) in [5, 5.41) is 10.0. The van der Waals surface area contributed by atoms with Crippen LogP contribution in [-0.2, 0) is 27.7 Å². The summed E-state index contributed by atoms with van der Waals surface area (Å²) in [4.78, 5) is 30.6. The fourth-order valence-corrected chi connectivity index (χ4v) is 4.54. The number of aliphatic hydroxyl groups is 1. The number of benzene rings is 2. The van der Waals surface area contributed by atoms with E-state index >= 15 is 0 Å². The molecule has 0 bridgehead atoms. The SMILES string of the molecule is COc1ccc(-c2c3c(=O)n(C)c(=O)n(C)c3cn2-c2ccc3c(c2)nc(CO)n3C)cc1OC. The highest BCUT2D eigenvalue weighted by molar-refractivity contribution is 5.95. The molecule has 3 heterocycles. The molecule has 0 saturated carbocycles. The molecular weight excluding hydrogens is 450 g/mol. The maximum atomic E-state index is 13.4. The van der Waals surface area contributed by atoms with Gasteiger partial charge in [0, 0.05) is 38.6 Å². The second kappa shape index (κ2) is 8.17. The largest absolute Gasteiger partial charge is 0.493 e. The molecule has 10 heteroatoms. The molecule has 0 atom stereocenters. The number of hydrogen-bond acceptors (Lipinski definition) is 6. The van der Waals surface area contributed by atoms with Gasteiger partial charge >= 0.3 is 5.69 Å². The molecular formula is C25H25N5O5. The van der Waals surface area contributed by atoms with Crippen LogP contribution in [-0.4, -0.2) is 42.6 Å². The van der Waals surface area contributed by atoms with Gasteiger partial charge in [-0.1, -0.05) is 0 Å². The van der Waals surface area contributed by atoms with Gasteiger partial charge in [0.1, 0.15) is 12.4 Å². The van der Waals surface area contributed by atoms with Crippen LogP contribution in [0.2, 0.25) is 0 Å². The zero-order valence-corrected chi connectivity index (χ0v) is 20.1. The maximum absolute atomic E-state index is 13.4. The quantitative estimate of drug-likeness (QED) is 0.417. The van der Waals surface area contributed by atoms with E-state index in [0.29, 0.717) is 45.0 Å². The van der Waals surface area contributed by atoms with Crippen LogP contribution in [0.25, 0.3) is 38.9 Å². The summed E-state index contributed by atoms with van der Waals surface area (Å²) in [5.41, 5.74) is 3.33. The van der Waals surface area contributed by atoms with E-state index < -0.39 is 11.2 Å². The molecule has 0 amide bonds. The number of fused-ring (bicyclic) bond motifs is 2. The average Bonchev–Trinajstić information content (AvgIpc) is 3.43. The van der Waals surface area contributed by atoms with Crippen LogP contribution in [0.4, 0.5) is 0 Å². The normalized spacial score (nSPS) is 11.5. The minimum atomic E-state index is -0.411. The highest BCUT2D eigenvalue weighted by atomic mass is 16.5. The lowest BCUT2D eigenvalue weighted by atomic mass is 10.1. The molecule has 0 saturated heterocycles. The number of nitrogens with zero attached hydrogens (tertiary/aromatic N) is 5. The molecule has 0 fully saturated rings. The fourth-order valence-electron chi connectivity index (χ4n) is 4.54. The molecule has 0 unspecified atom stereocenters. The van der Waals surface area contributed by atoms with Crippen LogP contribution >= 0.6 is 0 Å².